The van der Waals surface area contributed by atoms with Crippen LogP contribution >= 0.6 is 0 Å². The van der Waals surface area contributed by atoms with Gasteiger partial charge < -0.3 is 4.74 Å². The van der Waals surface area contributed by atoms with Gasteiger partial charge in [-0.25, -0.2) is 9.18 Å². The standard InChI is InChI=1S/C10H9FO3/c1-7(12)14-10(13)9(11)8-5-3-2-4-6-8/h2-6,9H,1H3. The van der Waals surface area contributed by atoms with Gasteiger partial charge in [0.05, 0.1) is 0 Å². The Hall–Kier alpha value is -1.71. The lowest BCUT2D eigenvalue weighted by atomic mass is 10.1. The van der Waals surface area contributed by atoms with Gasteiger partial charge in [-0.2, -0.15) is 0 Å². The maximum absolute atomic E-state index is 13.3. The summed E-state index contributed by atoms with van der Waals surface area (Å²) in [6, 6.07) is 7.80. The van der Waals surface area contributed by atoms with Crippen LogP contribution in [0.4, 0.5) is 4.39 Å². The number of halogens is 1. The first-order chi connectivity index (χ1) is 6.61. The molecular weight excluding hydrogens is 187 g/mol. The molecule has 1 aromatic rings. The fourth-order valence-corrected chi connectivity index (χ4v) is 0.951. The molecule has 0 fully saturated rings. The van der Waals surface area contributed by atoms with E-state index in [2.05, 4.69) is 4.74 Å². The maximum Gasteiger partial charge on any atom is 0.353 e. The Balaban J connectivity index is 2.71. The molecular formula is C10H9FO3. The van der Waals surface area contributed by atoms with Crippen molar-refractivity contribution in [1.82, 2.24) is 0 Å². The highest BCUT2D eigenvalue weighted by atomic mass is 19.1. The first-order valence-electron chi connectivity index (χ1n) is 4.02. The molecule has 0 heterocycles. The van der Waals surface area contributed by atoms with E-state index in [-0.39, 0.29) is 5.56 Å². The van der Waals surface area contributed by atoms with Gasteiger partial charge in [-0.05, 0) is 5.56 Å². The second kappa shape index (κ2) is 4.50. The Morgan fingerprint density at radius 1 is 1.29 bits per heavy atom. The van der Waals surface area contributed by atoms with Crippen molar-refractivity contribution in [2.75, 3.05) is 0 Å². The lowest BCUT2D eigenvalue weighted by Gasteiger charge is -2.05. The largest absolute Gasteiger partial charge is 0.391 e. The van der Waals surface area contributed by atoms with Crippen LogP contribution in [-0.4, -0.2) is 11.9 Å². The van der Waals surface area contributed by atoms with E-state index in [9.17, 15) is 14.0 Å². The number of hydrogen-bond acceptors (Lipinski definition) is 3. The SMILES string of the molecule is CC(=O)OC(=O)C(F)c1ccccc1. The molecule has 0 saturated carbocycles. The van der Waals surface area contributed by atoms with Gasteiger partial charge in [-0.3, -0.25) is 4.79 Å². The van der Waals surface area contributed by atoms with Crippen molar-refractivity contribution in [3.63, 3.8) is 0 Å². The summed E-state index contributed by atoms with van der Waals surface area (Å²) in [4.78, 5) is 21.3. The van der Waals surface area contributed by atoms with Crippen molar-refractivity contribution in [1.29, 1.82) is 0 Å². The van der Waals surface area contributed by atoms with Gasteiger partial charge in [0.1, 0.15) is 0 Å². The van der Waals surface area contributed by atoms with Gasteiger partial charge in [0, 0.05) is 6.92 Å². The maximum atomic E-state index is 13.3. The van der Waals surface area contributed by atoms with Crippen LogP contribution in [0, 0.1) is 0 Å². The lowest BCUT2D eigenvalue weighted by Crippen LogP contribution is -2.14. The van der Waals surface area contributed by atoms with Gasteiger partial charge in [-0.15, -0.1) is 0 Å². The summed E-state index contributed by atoms with van der Waals surface area (Å²) in [6.45, 7) is 1.05. The summed E-state index contributed by atoms with van der Waals surface area (Å²) < 4.78 is 17.4. The van der Waals surface area contributed by atoms with Crippen LogP contribution in [-0.2, 0) is 14.3 Å². The summed E-state index contributed by atoms with van der Waals surface area (Å²) in [7, 11) is 0. The topological polar surface area (TPSA) is 43.4 Å². The Kier molecular flexibility index (Phi) is 3.34. The minimum Gasteiger partial charge on any atom is -0.391 e. The number of esters is 2. The second-order valence-corrected chi connectivity index (χ2v) is 2.69. The average molecular weight is 196 g/mol. The monoisotopic (exact) mass is 196 g/mol. The van der Waals surface area contributed by atoms with E-state index in [1.165, 1.54) is 12.1 Å². The van der Waals surface area contributed by atoms with Crippen molar-refractivity contribution in [2.24, 2.45) is 0 Å². The molecule has 1 rings (SSSR count). The van der Waals surface area contributed by atoms with Crippen LogP contribution in [0.3, 0.4) is 0 Å². The molecule has 74 valence electrons. The third kappa shape index (κ3) is 2.65. The van der Waals surface area contributed by atoms with Crippen LogP contribution in [0.2, 0.25) is 0 Å². The molecule has 0 spiro atoms. The third-order valence-corrected chi connectivity index (χ3v) is 1.54. The van der Waals surface area contributed by atoms with Crippen molar-refractivity contribution >= 4 is 11.9 Å². The van der Waals surface area contributed by atoms with Crippen LogP contribution < -0.4 is 0 Å². The predicted octanol–water partition coefficient (Wildman–Crippen LogP) is 1.79. The van der Waals surface area contributed by atoms with Crippen molar-refractivity contribution < 1.29 is 18.7 Å². The Morgan fingerprint density at radius 3 is 2.36 bits per heavy atom. The smallest absolute Gasteiger partial charge is 0.353 e. The molecule has 1 aromatic carbocycles. The lowest BCUT2D eigenvalue weighted by molar-refractivity contribution is -0.162. The zero-order valence-corrected chi connectivity index (χ0v) is 7.57. The Bertz CT molecular complexity index is 334. The predicted molar refractivity (Wildman–Crippen MR) is 47.1 cm³/mol. The second-order valence-electron chi connectivity index (χ2n) is 2.69. The van der Waals surface area contributed by atoms with Crippen molar-refractivity contribution in [3.8, 4) is 0 Å². The minimum atomic E-state index is -1.90. The molecule has 0 bridgehead atoms. The number of rotatable bonds is 2. The molecule has 0 aromatic heterocycles. The molecule has 1 unspecified atom stereocenters. The fraction of sp³-hybridized carbons (Fsp3) is 0.200. The van der Waals surface area contributed by atoms with Gasteiger partial charge in [0.25, 0.3) is 0 Å². The summed E-state index contributed by atoms with van der Waals surface area (Å²) in [6.07, 6.45) is -1.90. The molecule has 0 N–H and O–H groups in total. The van der Waals surface area contributed by atoms with Crippen LogP contribution in [0.1, 0.15) is 18.7 Å². The van der Waals surface area contributed by atoms with Crippen LogP contribution in [0.5, 0.6) is 0 Å². The molecule has 0 saturated heterocycles. The number of benzene rings is 1. The highest BCUT2D eigenvalue weighted by Gasteiger charge is 2.22. The van der Waals surface area contributed by atoms with E-state index < -0.39 is 18.1 Å². The van der Waals surface area contributed by atoms with Gasteiger partial charge >= 0.3 is 11.9 Å². The molecule has 4 heteroatoms. The molecule has 14 heavy (non-hydrogen) atoms. The molecule has 0 aliphatic rings. The fourth-order valence-electron chi connectivity index (χ4n) is 0.951. The zero-order chi connectivity index (χ0) is 10.6. The minimum absolute atomic E-state index is 0.179. The van der Waals surface area contributed by atoms with Gasteiger partial charge in [-0.1, -0.05) is 30.3 Å². The zero-order valence-electron chi connectivity index (χ0n) is 7.57. The van der Waals surface area contributed by atoms with E-state index in [4.69, 9.17) is 0 Å². The normalized spacial score (nSPS) is 11.9. The summed E-state index contributed by atoms with van der Waals surface area (Å²) in [5.41, 5.74) is 0.179. The van der Waals surface area contributed by atoms with Gasteiger partial charge in [0.15, 0.2) is 0 Å². The van der Waals surface area contributed by atoms with Gasteiger partial charge in [0.2, 0.25) is 6.17 Å². The molecule has 0 amide bonds. The van der Waals surface area contributed by atoms with E-state index in [1.807, 2.05) is 0 Å². The average Bonchev–Trinajstić information content (AvgIpc) is 2.17. The highest BCUT2D eigenvalue weighted by molar-refractivity contribution is 5.87. The first-order valence-corrected chi connectivity index (χ1v) is 4.02. The number of carbonyl (C=O) groups excluding carboxylic acids is 2. The van der Waals surface area contributed by atoms with Crippen molar-refractivity contribution in [2.45, 2.75) is 13.1 Å². The quantitative estimate of drug-likeness (QED) is 0.535. The Morgan fingerprint density at radius 2 is 1.86 bits per heavy atom. The van der Waals surface area contributed by atoms with E-state index in [0.29, 0.717) is 0 Å². The molecule has 0 aliphatic carbocycles. The van der Waals surface area contributed by atoms with Crippen LogP contribution in [0.15, 0.2) is 30.3 Å². The summed E-state index contributed by atoms with van der Waals surface area (Å²) >= 11 is 0. The van der Waals surface area contributed by atoms with Crippen molar-refractivity contribution in [3.05, 3.63) is 35.9 Å². The molecule has 0 aliphatic heterocycles. The molecule has 3 nitrogen and oxygen atoms in total. The van der Waals surface area contributed by atoms with E-state index in [1.54, 1.807) is 18.2 Å². The van der Waals surface area contributed by atoms with E-state index in [0.717, 1.165) is 6.92 Å². The number of alkyl halides is 1. The molecule has 0 radical (unpaired) electrons. The summed E-state index contributed by atoms with van der Waals surface area (Å²) in [5.74, 6) is -1.99. The summed E-state index contributed by atoms with van der Waals surface area (Å²) in [5, 5.41) is 0. The third-order valence-electron chi connectivity index (χ3n) is 1.54. The molecule has 1 atom stereocenters. The Labute approximate surface area is 80.5 Å². The number of hydrogen-bond donors (Lipinski definition) is 0. The first kappa shape index (κ1) is 10.4. The number of ether oxygens (including phenoxy) is 1. The van der Waals surface area contributed by atoms with Crippen LogP contribution in [0.25, 0.3) is 0 Å². The number of carbonyl (C=O) groups is 2. The van der Waals surface area contributed by atoms with E-state index >= 15 is 0 Å². The highest BCUT2D eigenvalue weighted by Crippen LogP contribution is 2.18.